The maximum atomic E-state index is 13.3. The van der Waals surface area contributed by atoms with Crippen molar-refractivity contribution in [2.24, 2.45) is 0 Å². The number of fused-ring (bicyclic) bond motifs is 1. The van der Waals surface area contributed by atoms with E-state index >= 15 is 0 Å². The number of carboxylic acids is 1. The molecule has 226 valence electrons. The number of hydrogen-bond acceptors (Lipinski definition) is 7. The Balaban J connectivity index is 1.57. The molecule has 1 aliphatic rings. The highest BCUT2D eigenvalue weighted by Crippen LogP contribution is 2.31. The summed E-state index contributed by atoms with van der Waals surface area (Å²) >= 11 is 0. The van der Waals surface area contributed by atoms with Crippen molar-refractivity contribution in [2.45, 2.75) is 77.1 Å². The minimum absolute atomic E-state index is 0.0102. The number of nitrogens with zero attached hydrogens (tertiary/aromatic N) is 3. The second kappa shape index (κ2) is 14.6. The van der Waals surface area contributed by atoms with Gasteiger partial charge in [-0.15, -0.1) is 0 Å². The third kappa shape index (κ3) is 10.6. The molecule has 0 aromatic carbocycles. The van der Waals surface area contributed by atoms with Crippen molar-refractivity contribution in [3.05, 3.63) is 53.0 Å². The average molecular weight is 580 g/mol. The number of carboxylic acid groups (broad SMARTS) is 1. The number of anilines is 1. The molecule has 1 aliphatic heterocycles. The van der Waals surface area contributed by atoms with E-state index in [1.807, 2.05) is 20.8 Å². The average Bonchev–Trinajstić information content (AvgIpc) is 2.91. The molecule has 3 rings (SSSR count). The summed E-state index contributed by atoms with van der Waals surface area (Å²) in [5.41, 5.74) is 0.0354. The van der Waals surface area contributed by atoms with E-state index in [0.29, 0.717) is 32.3 Å². The number of halogens is 3. The van der Waals surface area contributed by atoms with Crippen LogP contribution in [0.4, 0.5) is 19.0 Å². The van der Waals surface area contributed by atoms with Crippen LogP contribution in [0.2, 0.25) is 0 Å². The van der Waals surface area contributed by atoms with Crippen LogP contribution < -0.4 is 10.6 Å². The largest absolute Gasteiger partial charge is 0.480 e. The molecule has 0 bridgehead atoms. The summed E-state index contributed by atoms with van der Waals surface area (Å²) in [5, 5.41) is 15.3. The summed E-state index contributed by atoms with van der Waals surface area (Å²) in [5.74, 6) is -1.49. The molecule has 0 spiro atoms. The number of carbonyl (C=O) groups is 2. The van der Waals surface area contributed by atoms with Gasteiger partial charge in [-0.1, -0.05) is 6.07 Å². The summed E-state index contributed by atoms with van der Waals surface area (Å²) in [6.45, 7) is 8.71. The Bertz CT molecular complexity index is 1170. The Morgan fingerprint density at radius 1 is 1.15 bits per heavy atom. The van der Waals surface area contributed by atoms with Gasteiger partial charge >= 0.3 is 12.1 Å². The van der Waals surface area contributed by atoms with E-state index in [9.17, 15) is 27.9 Å². The maximum Gasteiger partial charge on any atom is 0.417 e. The van der Waals surface area contributed by atoms with E-state index in [2.05, 4.69) is 32.7 Å². The van der Waals surface area contributed by atoms with Crippen LogP contribution in [0.5, 0.6) is 0 Å². The van der Waals surface area contributed by atoms with Gasteiger partial charge in [-0.25, -0.2) is 9.78 Å². The number of aromatic nitrogens is 2. The molecule has 2 aromatic heterocycles. The van der Waals surface area contributed by atoms with Crippen LogP contribution in [0, 0.1) is 0 Å². The van der Waals surface area contributed by atoms with Crippen LogP contribution in [0.1, 0.15) is 73.6 Å². The molecule has 0 saturated heterocycles. The number of nitrogens with one attached hydrogen (secondary N) is 2. The number of carbonyl (C=O) groups excluding carboxylic acids is 1. The SMILES string of the molecule is CC(C)(C)OCCN(CCCCc1ccc2c(n1)NCCC2)CCC(NC(=O)c1cnccc1C(F)(F)F)C(=O)O. The van der Waals surface area contributed by atoms with Gasteiger partial charge in [0.05, 0.1) is 23.3 Å². The zero-order valence-corrected chi connectivity index (χ0v) is 23.9. The van der Waals surface area contributed by atoms with Gasteiger partial charge < -0.3 is 25.4 Å². The van der Waals surface area contributed by atoms with E-state index in [1.165, 1.54) is 5.56 Å². The number of ether oxygens (including phenoxy) is 1. The molecule has 3 heterocycles. The molecular weight excluding hydrogens is 539 g/mol. The fourth-order valence-corrected chi connectivity index (χ4v) is 4.59. The highest BCUT2D eigenvalue weighted by atomic mass is 19.4. The molecular formula is C29H40F3N5O4. The van der Waals surface area contributed by atoms with Crippen LogP contribution in [-0.2, 0) is 28.5 Å². The smallest absolute Gasteiger partial charge is 0.417 e. The fourth-order valence-electron chi connectivity index (χ4n) is 4.59. The number of unbranched alkanes of at least 4 members (excludes halogenated alkanes) is 1. The Morgan fingerprint density at radius 3 is 2.63 bits per heavy atom. The highest BCUT2D eigenvalue weighted by Gasteiger charge is 2.36. The molecule has 12 heteroatoms. The first-order chi connectivity index (χ1) is 19.3. The van der Waals surface area contributed by atoms with Gasteiger partial charge in [-0.3, -0.25) is 9.78 Å². The molecule has 0 aliphatic carbocycles. The number of alkyl halides is 3. The van der Waals surface area contributed by atoms with E-state index in [-0.39, 0.29) is 12.0 Å². The van der Waals surface area contributed by atoms with Gasteiger partial charge in [0.15, 0.2) is 0 Å². The normalized spacial score (nSPS) is 14.3. The summed E-state index contributed by atoms with van der Waals surface area (Å²) < 4.78 is 45.9. The molecule has 1 atom stereocenters. The minimum atomic E-state index is -4.77. The van der Waals surface area contributed by atoms with Crippen molar-refractivity contribution in [2.75, 3.05) is 38.1 Å². The van der Waals surface area contributed by atoms with Crippen molar-refractivity contribution in [1.29, 1.82) is 0 Å². The lowest BCUT2D eigenvalue weighted by Crippen LogP contribution is -2.44. The number of rotatable bonds is 14. The molecule has 0 saturated carbocycles. The van der Waals surface area contributed by atoms with Crippen LogP contribution in [0.25, 0.3) is 0 Å². The lowest BCUT2D eigenvalue weighted by atomic mass is 10.1. The van der Waals surface area contributed by atoms with Crippen LogP contribution in [-0.4, -0.2) is 76.3 Å². The van der Waals surface area contributed by atoms with Gasteiger partial charge in [0.1, 0.15) is 11.9 Å². The van der Waals surface area contributed by atoms with E-state index in [4.69, 9.17) is 9.72 Å². The first-order valence-corrected chi connectivity index (χ1v) is 14.0. The van der Waals surface area contributed by atoms with Crippen molar-refractivity contribution in [1.82, 2.24) is 20.2 Å². The Kier molecular flexibility index (Phi) is 11.5. The molecule has 3 N–H and O–H groups in total. The van der Waals surface area contributed by atoms with Gasteiger partial charge in [0.2, 0.25) is 0 Å². The molecule has 1 unspecified atom stereocenters. The highest BCUT2D eigenvalue weighted by molar-refractivity contribution is 5.97. The predicted octanol–water partition coefficient (Wildman–Crippen LogP) is 4.57. The predicted molar refractivity (Wildman–Crippen MR) is 149 cm³/mol. The lowest BCUT2D eigenvalue weighted by Gasteiger charge is -2.27. The van der Waals surface area contributed by atoms with E-state index in [1.54, 1.807) is 0 Å². The number of aliphatic carboxylic acids is 1. The minimum Gasteiger partial charge on any atom is -0.480 e. The van der Waals surface area contributed by atoms with Crippen LogP contribution in [0.3, 0.4) is 0 Å². The monoisotopic (exact) mass is 579 g/mol. The first-order valence-electron chi connectivity index (χ1n) is 14.0. The number of amides is 1. The van der Waals surface area contributed by atoms with Gasteiger partial charge in [-0.05, 0) is 83.5 Å². The molecule has 9 nitrogen and oxygen atoms in total. The zero-order valence-electron chi connectivity index (χ0n) is 23.9. The van der Waals surface area contributed by atoms with Crippen molar-refractivity contribution in [3.63, 3.8) is 0 Å². The molecule has 41 heavy (non-hydrogen) atoms. The second-order valence-corrected chi connectivity index (χ2v) is 11.2. The number of pyridine rings is 2. The Hall–Kier alpha value is -3.25. The summed E-state index contributed by atoms with van der Waals surface area (Å²) in [7, 11) is 0. The second-order valence-electron chi connectivity index (χ2n) is 11.2. The molecule has 0 radical (unpaired) electrons. The Morgan fingerprint density at radius 2 is 1.93 bits per heavy atom. The third-order valence-corrected chi connectivity index (χ3v) is 6.76. The number of aryl methyl sites for hydroxylation is 2. The zero-order chi connectivity index (χ0) is 30.0. The number of hydrogen-bond donors (Lipinski definition) is 3. The standard InChI is InChI=1S/C29H40F3N5O4/c1-28(2,3)41-18-17-37(15-5-4-8-21-10-9-20-7-6-13-34-25(20)35-21)16-12-24(27(39)40)36-26(38)22-19-33-14-11-23(22)29(30,31)32/h9-11,14,19,24H,4-8,12-13,15-18H2,1-3H3,(H,34,35)(H,36,38)(H,39,40). The lowest BCUT2D eigenvalue weighted by molar-refractivity contribution is -0.139. The van der Waals surface area contributed by atoms with Crippen LogP contribution >= 0.6 is 0 Å². The topological polar surface area (TPSA) is 117 Å². The molecule has 0 fully saturated rings. The van der Waals surface area contributed by atoms with Crippen molar-refractivity contribution in [3.8, 4) is 0 Å². The molecule has 2 aromatic rings. The van der Waals surface area contributed by atoms with Crippen molar-refractivity contribution < 1.29 is 32.6 Å². The summed E-state index contributed by atoms with van der Waals surface area (Å²) in [6.07, 6.45) is 1.61. The quantitative estimate of drug-likeness (QED) is 0.279. The Labute approximate surface area is 238 Å². The van der Waals surface area contributed by atoms with Crippen molar-refractivity contribution >= 4 is 17.7 Å². The first kappa shape index (κ1) is 32.3. The van der Waals surface area contributed by atoms with Gasteiger partial charge in [-0.2, -0.15) is 13.2 Å². The van der Waals surface area contributed by atoms with Gasteiger partial charge in [0, 0.05) is 37.7 Å². The summed E-state index contributed by atoms with van der Waals surface area (Å²) in [6, 6.07) is 3.51. The van der Waals surface area contributed by atoms with Gasteiger partial charge in [0.25, 0.3) is 5.91 Å². The fraction of sp³-hybridized carbons (Fsp3) is 0.586. The maximum absolute atomic E-state index is 13.3. The van der Waals surface area contributed by atoms with E-state index < -0.39 is 35.2 Å². The summed E-state index contributed by atoms with van der Waals surface area (Å²) in [4.78, 5) is 34.9. The third-order valence-electron chi connectivity index (χ3n) is 6.76. The van der Waals surface area contributed by atoms with Crippen LogP contribution in [0.15, 0.2) is 30.6 Å². The molecule has 1 amide bonds. The van der Waals surface area contributed by atoms with E-state index in [0.717, 1.165) is 62.6 Å².